The van der Waals surface area contributed by atoms with Crippen LogP contribution in [0.1, 0.15) is 19.3 Å². The largest absolute Gasteiger partial charge is 0.481 e. The van der Waals surface area contributed by atoms with Crippen LogP contribution in [0.5, 0.6) is 0 Å². The topological polar surface area (TPSA) is 74.6 Å². The fraction of sp³-hybridized carbons (Fsp3) is 0.667. The van der Waals surface area contributed by atoms with Gasteiger partial charge in [0.2, 0.25) is 0 Å². The van der Waals surface area contributed by atoms with Gasteiger partial charge in [-0.25, -0.2) is 0 Å². The maximum Gasteiger partial charge on any atom is 0.305 e. The number of rotatable bonds is 5. The van der Waals surface area contributed by atoms with E-state index in [-0.39, 0.29) is 19.3 Å². The highest BCUT2D eigenvalue weighted by atomic mass is 16.4. The number of carboxylic acid groups (broad SMARTS) is 1. The van der Waals surface area contributed by atoms with Crippen LogP contribution in [0.4, 0.5) is 0 Å². The van der Waals surface area contributed by atoms with Crippen LogP contribution in [0, 0.1) is 0 Å². The Labute approximate surface area is 58.5 Å². The summed E-state index contributed by atoms with van der Waals surface area (Å²) < 4.78 is 0. The monoisotopic (exact) mass is 146 g/mol. The number of aliphatic hydroxyl groups excluding tert-OH is 1. The summed E-state index contributed by atoms with van der Waals surface area (Å²) in [6, 6.07) is 0. The summed E-state index contributed by atoms with van der Waals surface area (Å²) in [6.45, 7) is 0. The Bertz CT molecular complexity index is 121. The van der Waals surface area contributed by atoms with Crippen molar-refractivity contribution in [1.82, 2.24) is 0 Å². The second-order valence-corrected chi connectivity index (χ2v) is 2.00. The molecule has 0 amide bonds. The number of carboxylic acids is 1. The van der Waals surface area contributed by atoms with Gasteiger partial charge in [0.25, 0.3) is 0 Å². The Kier molecular flexibility index (Phi) is 4.49. The van der Waals surface area contributed by atoms with Crippen molar-refractivity contribution < 1.29 is 19.8 Å². The number of carbonyl (C=O) groups is 2. The van der Waals surface area contributed by atoms with Gasteiger partial charge >= 0.3 is 5.97 Å². The maximum atomic E-state index is 9.92. The Morgan fingerprint density at radius 2 is 2.20 bits per heavy atom. The molecule has 58 valence electrons. The third-order valence-corrected chi connectivity index (χ3v) is 1.03. The molecule has 0 aromatic heterocycles. The number of carbonyl (C=O) groups excluding carboxylic acids is 1. The number of hydrogen-bond acceptors (Lipinski definition) is 3. The van der Waals surface area contributed by atoms with Gasteiger partial charge in [0, 0.05) is 6.42 Å². The summed E-state index contributed by atoms with van der Waals surface area (Å²) in [7, 11) is 0. The van der Waals surface area contributed by atoms with E-state index in [1.54, 1.807) is 0 Å². The Morgan fingerprint density at radius 1 is 1.60 bits per heavy atom. The molecule has 0 heterocycles. The first-order valence-corrected chi connectivity index (χ1v) is 3.00. The molecular weight excluding hydrogens is 136 g/mol. The summed E-state index contributed by atoms with van der Waals surface area (Å²) in [5, 5.41) is 16.9. The molecule has 0 radical (unpaired) electrons. The molecule has 0 aromatic rings. The van der Waals surface area contributed by atoms with Crippen molar-refractivity contribution in [3.63, 3.8) is 0 Å². The molecule has 0 aliphatic heterocycles. The molecule has 0 aliphatic rings. The lowest BCUT2D eigenvalue weighted by atomic mass is 10.1. The highest BCUT2D eigenvalue weighted by Crippen LogP contribution is 1.99. The zero-order valence-electron chi connectivity index (χ0n) is 5.49. The molecule has 1 atom stereocenters. The van der Waals surface area contributed by atoms with Crippen molar-refractivity contribution in [2.24, 2.45) is 0 Å². The van der Waals surface area contributed by atoms with Gasteiger partial charge in [-0.15, -0.1) is 0 Å². The van der Waals surface area contributed by atoms with E-state index in [2.05, 4.69) is 0 Å². The Balaban J connectivity index is 3.33. The summed E-state index contributed by atoms with van der Waals surface area (Å²) in [5.41, 5.74) is 0. The van der Waals surface area contributed by atoms with Gasteiger partial charge in [-0.1, -0.05) is 0 Å². The predicted molar refractivity (Wildman–Crippen MR) is 33.6 cm³/mol. The Hall–Kier alpha value is -0.900. The molecule has 0 aromatic carbocycles. The van der Waals surface area contributed by atoms with Gasteiger partial charge in [-0.05, 0) is 6.42 Å². The second-order valence-electron chi connectivity index (χ2n) is 2.00. The number of aldehydes is 1. The third-order valence-electron chi connectivity index (χ3n) is 1.03. The fourth-order valence-corrected chi connectivity index (χ4v) is 0.564. The highest BCUT2D eigenvalue weighted by molar-refractivity contribution is 5.67. The minimum atomic E-state index is -1.04. The number of hydrogen-bond donors (Lipinski definition) is 2. The summed E-state index contributed by atoms with van der Waals surface area (Å²) >= 11 is 0. The van der Waals surface area contributed by atoms with Crippen molar-refractivity contribution in [1.29, 1.82) is 0 Å². The average molecular weight is 146 g/mol. The van der Waals surface area contributed by atoms with Crippen LogP contribution in [0.2, 0.25) is 0 Å². The quantitative estimate of drug-likeness (QED) is 0.527. The van der Waals surface area contributed by atoms with Crippen LogP contribution in [-0.4, -0.2) is 28.6 Å². The first kappa shape index (κ1) is 9.10. The van der Waals surface area contributed by atoms with Crippen LogP contribution in [0.15, 0.2) is 0 Å². The first-order chi connectivity index (χ1) is 4.66. The molecule has 0 saturated heterocycles. The van der Waals surface area contributed by atoms with Crippen molar-refractivity contribution in [2.45, 2.75) is 25.4 Å². The van der Waals surface area contributed by atoms with E-state index < -0.39 is 12.1 Å². The van der Waals surface area contributed by atoms with Gasteiger partial charge in [0.1, 0.15) is 6.29 Å². The highest BCUT2D eigenvalue weighted by Gasteiger charge is 2.07. The minimum absolute atomic E-state index is 0.217. The van der Waals surface area contributed by atoms with Crippen molar-refractivity contribution >= 4 is 12.3 Å². The molecule has 0 fully saturated rings. The summed E-state index contributed by atoms with van der Waals surface area (Å²) in [4.78, 5) is 19.7. The predicted octanol–water partition coefficient (Wildman–Crippen LogP) is -0.199. The van der Waals surface area contributed by atoms with E-state index in [4.69, 9.17) is 10.2 Å². The molecule has 4 nitrogen and oxygen atoms in total. The number of aliphatic hydroxyl groups is 1. The lowest BCUT2D eigenvalue weighted by Gasteiger charge is -2.02. The van der Waals surface area contributed by atoms with Crippen molar-refractivity contribution in [2.75, 3.05) is 0 Å². The molecule has 0 saturated carbocycles. The fourth-order valence-electron chi connectivity index (χ4n) is 0.564. The second kappa shape index (κ2) is 4.93. The van der Waals surface area contributed by atoms with Crippen molar-refractivity contribution in [3.05, 3.63) is 0 Å². The standard InChI is InChI=1S/C6H10O4/c7-3-1-2-5(8)4-6(9)10/h3,5,8H,1-2,4H2,(H,9,10). The van der Waals surface area contributed by atoms with Gasteiger partial charge in [-0.2, -0.15) is 0 Å². The molecule has 0 spiro atoms. The lowest BCUT2D eigenvalue weighted by Crippen LogP contribution is -2.12. The smallest absolute Gasteiger partial charge is 0.305 e. The normalized spacial score (nSPS) is 12.5. The molecule has 10 heavy (non-hydrogen) atoms. The molecular formula is C6H10O4. The molecule has 0 bridgehead atoms. The molecule has 0 aliphatic carbocycles. The lowest BCUT2D eigenvalue weighted by molar-refractivity contribution is -0.139. The maximum absolute atomic E-state index is 9.92. The van der Waals surface area contributed by atoms with E-state index in [1.165, 1.54) is 0 Å². The van der Waals surface area contributed by atoms with E-state index in [9.17, 15) is 9.59 Å². The van der Waals surface area contributed by atoms with E-state index in [1.807, 2.05) is 0 Å². The van der Waals surface area contributed by atoms with Crippen LogP contribution >= 0.6 is 0 Å². The molecule has 1 unspecified atom stereocenters. The van der Waals surface area contributed by atoms with Crippen LogP contribution in [-0.2, 0) is 9.59 Å². The molecule has 2 N–H and O–H groups in total. The van der Waals surface area contributed by atoms with Gasteiger partial charge < -0.3 is 15.0 Å². The summed E-state index contributed by atoms with van der Waals surface area (Å²) in [5.74, 6) is -1.04. The Morgan fingerprint density at radius 3 is 2.60 bits per heavy atom. The SMILES string of the molecule is O=CCCC(O)CC(=O)O. The molecule has 0 rings (SSSR count). The third kappa shape index (κ3) is 5.24. The molecule has 4 heteroatoms. The zero-order valence-corrected chi connectivity index (χ0v) is 5.49. The summed E-state index contributed by atoms with van der Waals surface area (Å²) in [6.07, 6.45) is -0.0638. The first-order valence-electron chi connectivity index (χ1n) is 3.00. The van der Waals surface area contributed by atoms with E-state index in [0.29, 0.717) is 6.29 Å². The minimum Gasteiger partial charge on any atom is -0.481 e. The zero-order chi connectivity index (χ0) is 7.98. The van der Waals surface area contributed by atoms with Crippen LogP contribution in [0.3, 0.4) is 0 Å². The van der Waals surface area contributed by atoms with E-state index >= 15 is 0 Å². The van der Waals surface area contributed by atoms with Crippen LogP contribution in [0.25, 0.3) is 0 Å². The van der Waals surface area contributed by atoms with Gasteiger partial charge in [0.05, 0.1) is 12.5 Å². The van der Waals surface area contributed by atoms with Gasteiger partial charge in [-0.3, -0.25) is 4.79 Å². The van der Waals surface area contributed by atoms with Crippen LogP contribution < -0.4 is 0 Å². The average Bonchev–Trinajstić information content (AvgIpc) is 1.82. The van der Waals surface area contributed by atoms with Gasteiger partial charge in [0.15, 0.2) is 0 Å². The van der Waals surface area contributed by atoms with Crippen molar-refractivity contribution in [3.8, 4) is 0 Å². The number of aliphatic carboxylic acids is 1. The van der Waals surface area contributed by atoms with E-state index in [0.717, 1.165) is 0 Å².